The Bertz CT molecular complexity index is 1030. The molecule has 3 rings (SSSR count). The zero-order chi connectivity index (χ0) is 25.6. The van der Waals surface area contributed by atoms with E-state index >= 15 is 0 Å². The molecule has 0 radical (unpaired) electrons. The second kappa shape index (κ2) is 11.1. The first-order valence-electron chi connectivity index (χ1n) is 11.8. The summed E-state index contributed by atoms with van der Waals surface area (Å²) >= 11 is 0. The fourth-order valence-electron chi connectivity index (χ4n) is 3.71. The molecular formula is C25H32F3N3O4. The number of carbonyl (C=O) groups is 1. The molecule has 1 aliphatic heterocycles. The number of benzene rings is 1. The highest BCUT2D eigenvalue weighted by Gasteiger charge is 2.38. The Labute approximate surface area is 203 Å². The van der Waals surface area contributed by atoms with Crippen LogP contribution in [0.5, 0.6) is 5.75 Å². The molecule has 1 aromatic heterocycles. The predicted molar refractivity (Wildman–Crippen MR) is 124 cm³/mol. The van der Waals surface area contributed by atoms with E-state index in [2.05, 4.69) is 17.1 Å². The molecule has 0 bridgehead atoms. The molecule has 1 amide bonds. The van der Waals surface area contributed by atoms with Crippen molar-refractivity contribution in [3.05, 3.63) is 41.8 Å². The van der Waals surface area contributed by atoms with Crippen molar-refractivity contribution in [2.75, 3.05) is 13.2 Å². The van der Waals surface area contributed by atoms with Crippen LogP contribution in [0.2, 0.25) is 0 Å². The van der Waals surface area contributed by atoms with Gasteiger partial charge in [-0.1, -0.05) is 37.1 Å². The molecule has 0 spiro atoms. The largest absolute Gasteiger partial charge is 0.489 e. The van der Waals surface area contributed by atoms with E-state index in [1.165, 1.54) is 17.0 Å². The van der Waals surface area contributed by atoms with E-state index < -0.39 is 29.5 Å². The van der Waals surface area contributed by atoms with E-state index in [-0.39, 0.29) is 29.6 Å². The van der Waals surface area contributed by atoms with Gasteiger partial charge in [-0.15, -0.1) is 0 Å². The molecule has 0 N–H and O–H groups in total. The summed E-state index contributed by atoms with van der Waals surface area (Å²) in [5.41, 5.74) is -1.44. The highest BCUT2D eigenvalue weighted by molar-refractivity contribution is 5.69. The van der Waals surface area contributed by atoms with Crippen LogP contribution in [0.3, 0.4) is 0 Å². The van der Waals surface area contributed by atoms with Crippen LogP contribution in [0, 0.1) is 0 Å². The molecule has 1 aromatic carbocycles. The van der Waals surface area contributed by atoms with Crippen LogP contribution >= 0.6 is 0 Å². The first kappa shape index (κ1) is 26.6. The Morgan fingerprint density at radius 2 is 2.03 bits per heavy atom. The number of ether oxygens (including phenoxy) is 2. The standard InChI is InChI=1S/C25H32F3N3O4/c1-5-6-7-8-9-15-33-20-13-12-17(16-18(20)25(26,27)28)21-29-22(35-30-21)19-11-10-14-31(19)23(32)34-24(2,3)4/h8-9,12-13,16,19H,5-7,10-11,14-15H2,1-4H3/t19-/m0/s1. The zero-order valence-electron chi connectivity index (χ0n) is 20.5. The third kappa shape index (κ3) is 7.22. The molecule has 2 heterocycles. The van der Waals surface area contributed by atoms with E-state index in [0.29, 0.717) is 13.0 Å². The van der Waals surface area contributed by atoms with Gasteiger partial charge in [-0.25, -0.2) is 4.79 Å². The quantitative estimate of drug-likeness (QED) is 0.291. The Hall–Kier alpha value is -3.04. The van der Waals surface area contributed by atoms with Gasteiger partial charge >= 0.3 is 12.3 Å². The summed E-state index contributed by atoms with van der Waals surface area (Å²) in [6.45, 7) is 7.90. The minimum Gasteiger partial charge on any atom is -0.489 e. The van der Waals surface area contributed by atoms with Crippen LogP contribution in [-0.4, -0.2) is 39.9 Å². The number of amides is 1. The molecule has 35 heavy (non-hydrogen) atoms. The Morgan fingerprint density at radius 1 is 1.26 bits per heavy atom. The number of halogens is 3. The van der Waals surface area contributed by atoms with Crippen LogP contribution < -0.4 is 4.74 Å². The monoisotopic (exact) mass is 495 g/mol. The predicted octanol–water partition coefficient (Wildman–Crippen LogP) is 6.95. The van der Waals surface area contributed by atoms with Gasteiger partial charge in [0.05, 0.1) is 5.56 Å². The number of rotatable bonds is 8. The Balaban J connectivity index is 1.77. The molecule has 10 heteroatoms. The first-order valence-corrected chi connectivity index (χ1v) is 11.8. The van der Waals surface area contributed by atoms with Crippen molar-refractivity contribution in [1.82, 2.24) is 15.0 Å². The topological polar surface area (TPSA) is 77.7 Å². The van der Waals surface area contributed by atoms with Crippen molar-refractivity contribution in [2.45, 2.75) is 77.6 Å². The van der Waals surface area contributed by atoms with Crippen LogP contribution in [0.4, 0.5) is 18.0 Å². The molecule has 0 aliphatic carbocycles. The molecule has 0 saturated carbocycles. The molecule has 0 unspecified atom stereocenters. The highest BCUT2D eigenvalue weighted by atomic mass is 19.4. The molecule has 7 nitrogen and oxygen atoms in total. The lowest BCUT2D eigenvalue weighted by atomic mass is 10.1. The maximum absolute atomic E-state index is 13.7. The smallest absolute Gasteiger partial charge is 0.419 e. The van der Waals surface area contributed by atoms with Gasteiger partial charge in [-0.05, 0) is 58.2 Å². The maximum atomic E-state index is 13.7. The number of aromatic nitrogens is 2. The van der Waals surface area contributed by atoms with Crippen molar-refractivity contribution in [3.63, 3.8) is 0 Å². The number of allylic oxidation sites excluding steroid dienone is 1. The number of carbonyl (C=O) groups excluding carboxylic acids is 1. The summed E-state index contributed by atoms with van der Waals surface area (Å²) in [6, 6.07) is 3.18. The average molecular weight is 496 g/mol. The van der Waals surface area contributed by atoms with Crippen LogP contribution in [-0.2, 0) is 10.9 Å². The summed E-state index contributed by atoms with van der Waals surface area (Å²) in [4.78, 5) is 18.4. The van der Waals surface area contributed by atoms with Crippen molar-refractivity contribution < 1.29 is 32.0 Å². The fraction of sp³-hybridized carbons (Fsp3) is 0.560. The van der Waals surface area contributed by atoms with E-state index in [1.54, 1.807) is 26.8 Å². The van der Waals surface area contributed by atoms with Crippen molar-refractivity contribution in [1.29, 1.82) is 0 Å². The van der Waals surface area contributed by atoms with Gasteiger partial charge in [0.1, 0.15) is 24.0 Å². The summed E-state index contributed by atoms with van der Waals surface area (Å²) in [5.74, 6) is -0.0981. The second-order valence-corrected chi connectivity index (χ2v) is 9.42. The summed E-state index contributed by atoms with van der Waals surface area (Å²) in [7, 11) is 0. The van der Waals surface area contributed by atoms with Crippen molar-refractivity contribution in [2.24, 2.45) is 0 Å². The average Bonchev–Trinajstić information content (AvgIpc) is 3.44. The summed E-state index contributed by atoms with van der Waals surface area (Å²) < 4.78 is 57.3. The fourth-order valence-corrected chi connectivity index (χ4v) is 3.71. The van der Waals surface area contributed by atoms with Gasteiger partial charge in [0.2, 0.25) is 11.7 Å². The van der Waals surface area contributed by atoms with Gasteiger partial charge in [0.25, 0.3) is 0 Å². The molecular weight excluding hydrogens is 463 g/mol. The molecule has 1 saturated heterocycles. The van der Waals surface area contributed by atoms with Gasteiger partial charge in [-0.3, -0.25) is 4.90 Å². The lowest BCUT2D eigenvalue weighted by molar-refractivity contribution is -0.138. The molecule has 1 aliphatic rings. The van der Waals surface area contributed by atoms with Crippen LogP contribution in [0.1, 0.15) is 77.3 Å². The minimum absolute atomic E-state index is 0.00699. The normalized spacial score (nSPS) is 16.8. The number of alkyl halides is 3. The molecule has 192 valence electrons. The number of likely N-dealkylation sites (tertiary alicyclic amines) is 1. The van der Waals surface area contributed by atoms with Crippen molar-refractivity contribution in [3.8, 4) is 17.1 Å². The number of unbranched alkanes of at least 4 members (excludes halogenated alkanes) is 2. The number of hydrogen-bond donors (Lipinski definition) is 0. The van der Waals surface area contributed by atoms with Crippen molar-refractivity contribution >= 4 is 6.09 Å². The van der Waals surface area contributed by atoms with Crippen LogP contribution in [0.15, 0.2) is 34.9 Å². The summed E-state index contributed by atoms with van der Waals surface area (Å²) in [6.07, 6.45) is 2.73. The lowest BCUT2D eigenvalue weighted by Crippen LogP contribution is -2.36. The lowest BCUT2D eigenvalue weighted by Gasteiger charge is -2.26. The SMILES string of the molecule is CCCCC=CCOc1ccc(-c2noc([C@@H]3CCCN3C(=O)OC(C)(C)C)n2)cc1C(F)(F)F. The zero-order valence-corrected chi connectivity index (χ0v) is 20.5. The molecule has 1 fully saturated rings. The molecule has 2 aromatic rings. The van der Waals surface area contributed by atoms with Gasteiger partial charge in [0, 0.05) is 12.1 Å². The minimum atomic E-state index is -4.62. The Morgan fingerprint density at radius 3 is 2.71 bits per heavy atom. The third-order valence-electron chi connectivity index (χ3n) is 5.38. The maximum Gasteiger partial charge on any atom is 0.419 e. The Kier molecular flexibility index (Phi) is 8.45. The number of hydrogen-bond acceptors (Lipinski definition) is 6. The third-order valence-corrected chi connectivity index (χ3v) is 5.38. The highest BCUT2D eigenvalue weighted by Crippen LogP contribution is 2.39. The van der Waals surface area contributed by atoms with Gasteiger partial charge in [-0.2, -0.15) is 18.2 Å². The second-order valence-electron chi connectivity index (χ2n) is 9.42. The van der Waals surface area contributed by atoms with E-state index in [1.807, 2.05) is 6.08 Å². The van der Waals surface area contributed by atoms with E-state index in [9.17, 15) is 18.0 Å². The molecule has 1 atom stereocenters. The number of nitrogens with zero attached hydrogens (tertiary/aromatic N) is 3. The van der Waals surface area contributed by atoms with Gasteiger partial charge < -0.3 is 14.0 Å². The van der Waals surface area contributed by atoms with E-state index in [4.69, 9.17) is 14.0 Å². The van der Waals surface area contributed by atoms with E-state index in [0.717, 1.165) is 31.7 Å². The first-order chi connectivity index (χ1) is 16.5. The summed E-state index contributed by atoms with van der Waals surface area (Å²) in [5, 5.41) is 3.87. The van der Waals surface area contributed by atoms with Crippen LogP contribution in [0.25, 0.3) is 11.4 Å². The van der Waals surface area contributed by atoms with Gasteiger partial charge in [0.15, 0.2) is 0 Å².